The topological polar surface area (TPSA) is 53.5 Å². The molecule has 108 valence electrons. The normalized spacial score (nSPS) is 16.1. The molecule has 20 heavy (non-hydrogen) atoms. The molecular weight excluding hydrogens is 254 g/mol. The summed E-state index contributed by atoms with van der Waals surface area (Å²) in [4.78, 5) is 32.0. The minimum atomic E-state index is -0.364. The molecule has 1 saturated heterocycles. The molecule has 1 aliphatic heterocycles. The molecule has 1 aromatic heterocycles. The minimum Gasteiger partial charge on any atom is -0.339 e. The number of rotatable bonds is 1. The first-order valence-electron chi connectivity index (χ1n) is 6.88. The molecule has 1 fully saturated rings. The van der Waals surface area contributed by atoms with E-state index in [2.05, 4.69) is 4.98 Å². The van der Waals surface area contributed by atoms with Crippen molar-refractivity contribution in [3.05, 3.63) is 30.1 Å². The van der Waals surface area contributed by atoms with Crippen molar-refractivity contribution in [3.8, 4) is 0 Å². The lowest BCUT2D eigenvalue weighted by Gasteiger charge is -2.37. The molecule has 0 bridgehead atoms. The van der Waals surface area contributed by atoms with Gasteiger partial charge in [0.15, 0.2) is 0 Å². The van der Waals surface area contributed by atoms with Gasteiger partial charge in [0.05, 0.1) is 0 Å². The molecule has 2 heterocycles. The molecule has 0 saturated carbocycles. The monoisotopic (exact) mass is 275 g/mol. The van der Waals surface area contributed by atoms with Gasteiger partial charge in [0.1, 0.15) is 0 Å². The molecule has 0 spiro atoms. The van der Waals surface area contributed by atoms with Gasteiger partial charge in [-0.3, -0.25) is 14.6 Å². The second-order valence-electron chi connectivity index (χ2n) is 6.07. The van der Waals surface area contributed by atoms with Gasteiger partial charge in [-0.05, 0) is 12.1 Å². The first-order chi connectivity index (χ1) is 9.39. The highest BCUT2D eigenvalue weighted by Crippen LogP contribution is 2.19. The molecule has 1 aromatic rings. The molecule has 0 N–H and O–H groups in total. The van der Waals surface area contributed by atoms with Crippen molar-refractivity contribution >= 4 is 11.8 Å². The number of hydrogen-bond donors (Lipinski definition) is 0. The van der Waals surface area contributed by atoms with Crippen molar-refractivity contribution < 1.29 is 9.59 Å². The Hall–Kier alpha value is -1.91. The number of amides is 2. The van der Waals surface area contributed by atoms with Gasteiger partial charge in [-0.25, -0.2) is 0 Å². The summed E-state index contributed by atoms with van der Waals surface area (Å²) in [6.07, 6.45) is 3.24. The van der Waals surface area contributed by atoms with Gasteiger partial charge in [-0.15, -0.1) is 0 Å². The molecule has 5 nitrogen and oxygen atoms in total. The fourth-order valence-corrected chi connectivity index (χ4v) is 2.26. The van der Waals surface area contributed by atoms with E-state index in [0.29, 0.717) is 31.7 Å². The number of aromatic nitrogens is 1. The van der Waals surface area contributed by atoms with E-state index in [0.717, 1.165) is 0 Å². The Bertz CT molecular complexity index is 486. The van der Waals surface area contributed by atoms with E-state index in [-0.39, 0.29) is 17.2 Å². The van der Waals surface area contributed by atoms with E-state index in [9.17, 15) is 9.59 Å². The van der Waals surface area contributed by atoms with Crippen LogP contribution >= 0.6 is 0 Å². The zero-order chi connectivity index (χ0) is 14.8. The van der Waals surface area contributed by atoms with Crippen LogP contribution < -0.4 is 0 Å². The van der Waals surface area contributed by atoms with Crippen molar-refractivity contribution in [2.45, 2.75) is 20.8 Å². The average molecular weight is 275 g/mol. The third-order valence-corrected chi connectivity index (χ3v) is 3.42. The van der Waals surface area contributed by atoms with Crippen LogP contribution in [0, 0.1) is 5.41 Å². The summed E-state index contributed by atoms with van der Waals surface area (Å²) in [6.45, 7) is 8.14. The van der Waals surface area contributed by atoms with Crippen LogP contribution in [0.3, 0.4) is 0 Å². The van der Waals surface area contributed by atoms with Gasteiger partial charge in [-0.2, -0.15) is 0 Å². The summed E-state index contributed by atoms with van der Waals surface area (Å²) in [7, 11) is 0. The predicted molar refractivity (Wildman–Crippen MR) is 76.2 cm³/mol. The maximum absolute atomic E-state index is 12.3. The van der Waals surface area contributed by atoms with Crippen LogP contribution in [0.25, 0.3) is 0 Å². The van der Waals surface area contributed by atoms with Crippen molar-refractivity contribution in [2.24, 2.45) is 5.41 Å². The quantitative estimate of drug-likeness (QED) is 0.778. The summed E-state index contributed by atoms with van der Waals surface area (Å²) < 4.78 is 0. The fraction of sp³-hybridized carbons (Fsp3) is 0.533. The van der Waals surface area contributed by atoms with Crippen LogP contribution in [0.1, 0.15) is 31.1 Å². The van der Waals surface area contributed by atoms with E-state index < -0.39 is 0 Å². The van der Waals surface area contributed by atoms with Gasteiger partial charge in [0, 0.05) is 49.6 Å². The van der Waals surface area contributed by atoms with E-state index in [1.807, 2.05) is 25.7 Å². The Morgan fingerprint density at radius 1 is 1.00 bits per heavy atom. The Kier molecular flexibility index (Phi) is 4.06. The summed E-state index contributed by atoms with van der Waals surface area (Å²) in [6, 6.07) is 3.43. The van der Waals surface area contributed by atoms with Gasteiger partial charge in [0.25, 0.3) is 5.91 Å². The van der Waals surface area contributed by atoms with Crippen LogP contribution in [-0.4, -0.2) is 52.8 Å². The maximum Gasteiger partial charge on any atom is 0.254 e. The number of carbonyl (C=O) groups is 2. The highest BCUT2D eigenvalue weighted by Gasteiger charge is 2.30. The molecule has 1 aliphatic rings. The van der Waals surface area contributed by atoms with E-state index in [4.69, 9.17) is 0 Å². The molecular formula is C15H21N3O2. The summed E-state index contributed by atoms with van der Waals surface area (Å²) >= 11 is 0. The number of piperazine rings is 1. The molecule has 0 aliphatic carbocycles. The van der Waals surface area contributed by atoms with E-state index in [1.165, 1.54) is 0 Å². The van der Waals surface area contributed by atoms with Gasteiger partial charge in [-0.1, -0.05) is 20.8 Å². The smallest absolute Gasteiger partial charge is 0.254 e. The Morgan fingerprint density at radius 3 is 2.00 bits per heavy atom. The molecule has 2 rings (SSSR count). The minimum absolute atomic E-state index is 0.00950. The SMILES string of the molecule is CC(C)(C)C(=O)N1CCN(C(=O)c2ccncc2)CC1. The summed E-state index contributed by atoms with van der Waals surface area (Å²) in [5.41, 5.74) is 0.285. The summed E-state index contributed by atoms with van der Waals surface area (Å²) in [5, 5.41) is 0. The van der Waals surface area contributed by atoms with Gasteiger partial charge < -0.3 is 9.80 Å². The third-order valence-electron chi connectivity index (χ3n) is 3.42. The molecule has 0 aromatic carbocycles. The number of carbonyl (C=O) groups excluding carboxylic acids is 2. The van der Waals surface area contributed by atoms with Crippen LogP contribution in [0.4, 0.5) is 0 Å². The lowest BCUT2D eigenvalue weighted by Crippen LogP contribution is -2.53. The molecule has 0 atom stereocenters. The van der Waals surface area contributed by atoms with Crippen LogP contribution in [0.15, 0.2) is 24.5 Å². The van der Waals surface area contributed by atoms with Gasteiger partial charge in [0.2, 0.25) is 5.91 Å². The second kappa shape index (κ2) is 5.61. The maximum atomic E-state index is 12.3. The number of nitrogens with zero attached hydrogens (tertiary/aromatic N) is 3. The Labute approximate surface area is 119 Å². The van der Waals surface area contributed by atoms with Crippen molar-refractivity contribution in [1.82, 2.24) is 14.8 Å². The second-order valence-corrected chi connectivity index (χ2v) is 6.07. The largest absolute Gasteiger partial charge is 0.339 e. The average Bonchev–Trinajstić information content (AvgIpc) is 2.46. The van der Waals surface area contributed by atoms with Crippen molar-refractivity contribution in [3.63, 3.8) is 0 Å². The fourth-order valence-electron chi connectivity index (χ4n) is 2.26. The molecule has 5 heteroatoms. The lowest BCUT2D eigenvalue weighted by atomic mass is 9.94. The highest BCUT2D eigenvalue weighted by molar-refractivity contribution is 5.94. The van der Waals surface area contributed by atoms with Crippen molar-refractivity contribution in [1.29, 1.82) is 0 Å². The first-order valence-corrected chi connectivity index (χ1v) is 6.88. The predicted octanol–water partition coefficient (Wildman–Crippen LogP) is 1.41. The molecule has 0 radical (unpaired) electrons. The number of hydrogen-bond acceptors (Lipinski definition) is 3. The Balaban J connectivity index is 1.95. The Morgan fingerprint density at radius 2 is 1.50 bits per heavy atom. The highest BCUT2D eigenvalue weighted by atomic mass is 16.2. The molecule has 2 amide bonds. The number of pyridine rings is 1. The lowest BCUT2D eigenvalue weighted by molar-refractivity contribution is -0.140. The van der Waals surface area contributed by atoms with Gasteiger partial charge >= 0.3 is 0 Å². The van der Waals surface area contributed by atoms with Crippen LogP contribution in [-0.2, 0) is 4.79 Å². The van der Waals surface area contributed by atoms with E-state index >= 15 is 0 Å². The van der Waals surface area contributed by atoms with Crippen LogP contribution in [0.2, 0.25) is 0 Å². The zero-order valence-corrected chi connectivity index (χ0v) is 12.3. The third kappa shape index (κ3) is 3.15. The standard InChI is InChI=1S/C15H21N3O2/c1-15(2,3)14(20)18-10-8-17(9-11-18)13(19)12-4-6-16-7-5-12/h4-7H,8-11H2,1-3H3. The molecule has 0 unspecified atom stereocenters. The van der Waals surface area contributed by atoms with Crippen molar-refractivity contribution in [2.75, 3.05) is 26.2 Å². The van der Waals surface area contributed by atoms with Crippen LogP contribution in [0.5, 0.6) is 0 Å². The summed E-state index contributed by atoms with van der Waals surface area (Å²) in [5.74, 6) is 0.156. The van der Waals surface area contributed by atoms with E-state index in [1.54, 1.807) is 29.4 Å². The zero-order valence-electron chi connectivity index (χ0n) is 12.3. The first kappa shape index (κ1) is 14.5.